The van der Waals surface area contributed by atoms with Crippen molar-refractivity contribution in [2.45, 2.75) is 20.0 Å². The van der Waals surface area contributed by atoms with Gasteiger partial charge in [0.2, 0.25) is 0 Å². The predicted molar refractivity (Wildman–Crippen MR) is 61.7 cm³/mol. The quantitative estimate of drug-likeness (QED) is 0.610. The maximum atomic E-state index is 12.3. The molecule has 0 aliphatic heterocycles. The summed E-state index contributed by atoms with van der Waals surface area (Å²) in [7, 11) is 0. The van der Waals surface area contributed by atoms with Gasteiger partial charge in [-0.2, -0.15) is 13.2 Å². The van der Waals surface area contributed by atoms with Gasteiger partial charge in [-0.3, -0.25) is 0 Å². The van der Waals surface area contributed by atoms with E-state index in [0.717, 1.165) is 12.1 Å². The van der Waals surface area contributed by atoms with Crippen LogP contribution in [-0.2, 0) is 15.7 Å². The molecule has 1 rings (SSSR count). The summed E-state index contributed by atoms with van der Waals surface area (Å²) in [5, 5.41) is 0. The number of rotatable bonds is 3. The number of esters is 1. The van der Waals surface area contributed by atoms with Crippen LogP contribution in [0.1, 0.15) is 25.0 Å². The second kappa shape index (κ2) is 5.71. The molecular formula is C13H13F3O2. The summed E-state index contributed by atoms with van der Waals surface area (Å²) in [6.45, 7) is 3.58. The number of allylic oxidation sites excluding steroid dienone is 1. The summed E-state index contributed by atoms with van der Waals surface area (Å²) in [6, 6.07) is 4.62. The molecule has 0 saturated carbocycles. The third kappa shape index (κ3) is 3.91. The lowest BCUT2D eigenvalue weighted by Gasteiger charge is -2.07. The first-order valence-corrected chi connectivity index (χ1v) is 5.37. The van der Waals surface area contributed by atoms with Gasteiger partial charge in [-0.25, -0.2) is 4.79 Å². The lowest BCUT2D eigenvalue weighted by molar-refractivity contribution is -0.138. The molecule has 0 saturated heterocycles. The predicted octanol–water partition coefficient (Wildman–Crippen LogP) is 3.67. The van der Waals surface area contributed by atoms with E-state index in [2.05, 4.69) is 0 Å². The fourth-order valence-corrected chi connectivity index (χ4v) is 1.37. The van der Waals surface area contributed by atoms with Crippen molar-refractivity contribution in [2.24, 2.45) is 0 Å². The van der Waals surface area contributed by atoms with E-state index >= 15 is 0 Å². The molecule has 0 spiro atoms. The Labute approximate surface area is 103 Å². The molecule has 0 bridgehead atoms. The highest BCUT2D eigenvalue weighted by Gasteiger charge is 2.29. The standard InChI is InChI=1S/C13H13F3O2/c1-3-18-12(17)8-9(2)10-4-6-11(7-5-10)13(14,15)16/h4-8H,3H2,1-2H3/b9-8-. The van der Waals surface area contributed by atoms with Crippen molar-refractivity contribution in [3.05, 3.63) is 41.5 Å². The summed E-state index contributed by atoms with van der Waals surface area (Å²) < 4.78 is 41.7. The van der Waals surface area contributed by atoms with E-state index in [0.29, 0.717) is 11.1 Å². The Kier molecular flexibility index (Phi) is 4.53. The molecule has 18 heavy (non-hydrogen) atoms. The van der Waals surface area contributed by atoms with Gasteiger partial charge in [0.05, 0.1) is 12.2 Å². The normalized spacial score (nSPS) is 12.4. The van der Waals surface area contributed by atoms with Crippen LogP contribution in [-0.4, -0.2) is 12.6 Å². The molecule has 0 amide bonds. The Bertz CT molecular complexity index is 444. The Balaban J connectivity index is 2.89. The first-order chi connectivity index (χ1) is 8.34. The zero-order valence-corrected chi connectivity index (χ0v) is 10.0. The monoisotopic (exact) mass is 258 g/mol. The number of benzene rings is 1. The van der Waals surface area contributed by atoms with Crippen LogP contribution in [0.15, 0.2) is 30.3 Å². The van der Waals surface area contributed by atoms with Gasteiger partial charge >= 0.3 is 12.1 Å². The van der Waals surface area contributed by atoms with Gasteiger partial charge < -0.3 is 4.74 Å². The molecule has 1 aromatic carbocycles. The minimum Gasteiger partial charge on any atom is -0.463 e. The highest BCUT2D eigenvalue weighted by Crippen LogP contribution is 2.29. The fraction of sp³-hybridized carbons (Fsp3) is 0.308. The highest BCUT2D eigenvalue weighted by atomic mass is 19.4. The van der Waals surface area contributed by atoms with Crippen LogP contribution in [0.3, 0.4) is 0 Å². The number of alkyl halides is 3. The van der Waals surface area contributed by atoms with Crippen LogP contribution in [0, 0.1) is 0 Å². The van der Waals surface area contributed by atoms with Gasteiger partial charge in [-0.05, 0) is 37.1 Å². The highest BCUT2D eigenvalue weighted by molar-refractivity contribution is 5.90. The maximum Gasteiger partial charge on any atom is 0.416 e. The minimum atomic E-state index is -4.35. The molecule has 0 fully saturated rings. The molecule has 0 aliphatic carbocycles. The third-order valence-corrected chi connectivity index (χ3v) is 2.29. The summed E-state index contributed by atoms with van der Waals surface area (Å²) in [5.41, 5.74) is 0.397. The molecular weight excluding hydrogens is 245 g/mol. The van der Waals surface area contributed by atoms with E-state index in [4.69, 9.17) is 4.74 Å². The van der Waals surface area contributed by atoms with Crippen molar-refractivity contribution in [1.82, 2.24) is 0 Å². The first-order valence-electron chi connectivity index (χ1n) is 5.37. The van der Waals surface area contributed by atoms with Crippen LogP contribution in [0.2, 0.25) is 0 Å². The number of halogens is 3. The van der Waals surface area contributed by atoms with Gasteiger partial charge in [0.1, 0.15) is 0 Å². The average molecular weight is 258 g/mol. The van der Waals surface area contributed by atoms with Crippen LogP contribution in [0.5, 0.6) is 0 Å². The van der Waals surface area contributed by atoms with Crippen molar-refractivity contribution in [1.29, 1.82) is 0 Å². The first kappa shape index (κ1) is 14.3. The van der Waals surface area contributed by atoms with E-state index in [1.165, 1.54) is 18.2 Å². The fourth-order valence-electron chi connectivity index (χ4n) is 1.37. The average Bonchev–Trinajstić information content (AvgIpc) is 2.28. The largest absolute Gasteiger partial charge is 0.463 e. The second-order valence-electron chi connectivity index (χ2n) is 3.65. The zero-order chi connectivity index (χ0) is 13.8. The van der Waals surface area contributed by atoms with Crippen LogP contribution >= 0.6 is 0 Å². The van der Waals surface area contributed by atoms with Crippen molar-refractivity contribution >= 4 is 11.5 Å². The number of hydrogen-bond acceptors (Lipinski definition) is 2. The van der Waals surface area contributed by atoms with E-state index in [9.17, 15) is 18.0 Å². The van der Waals surface area contributed by atoms with Crippen LogP contribution in [0.4, 0.5) is 13.2 Å². The van der Waals surface area contributed by atoms with Crippen molar-refractivity contribution in [3.63, 3.8) is 0 Å². The molecule has 98 valence electrons. The van der Waals surface area contributed by atoms with E-state index in [-0.39, 0.29) is 6.61 Å². The summed E-state index contributed by atoms with van der Waals surface area (Å²) in [5.74, 6) is -0.505. The molecule has 0 N–H and O–H groups in total. The lowest BCUT2D eigenvalue weighted by atomic mass is 10.0. The van der Waals surface area contributed by atoms with Crippen molar-refractivity contribution in [3.8, 4) is 0 Å². The van der Waals surface area contributed by atoms with Gasteiger partial charge in [0.15, 0.2) is 0 Å². The molecule has 0 aromatic heterocycles. The summed E-state index contributed by atoms with van der Waals surface area (Å²) in [4.78, 5) is 11.2. The molecule has 0 heterocycles. The molecule has 0 unspecified atom stereocenters. The summed E-state index contributed by atoms with van der Waals surface area (Å²) >= 11 is 0. The van der Waals surface area contributed by atoms with Crippen LogP contribution < -0.4 is 0 Å². The topological polar surface area (TPSA) is 26.3 Å². The zero-order valence-electron chi connectivity index (χ0n) is 10.0. The van der Waals surface area contributed by atoms with E-state index in [1.807, 2.05) is 0 Å². The SMILES string of the molecule is CCOC(=O)/C=C(/C)c1ccc(C(F)(F)F)cc1. The van der Waals surface area contributed by atoms with Gasteiger partial charge in [0.25, 0.3) is 0 Å². The van der Waals surface area contributed by atoms with E-state index in [1.54, 1.807) is 13.8 Å². The van der Waals surface area contributed by atoms with E-state index < -0.39 is 17.7 Å². The molecule has 0 radical (unpaired) electrons. The molecule has 0 atom stereocenters. The Morgan fingerprint density at radius 3 is 2.28 bits per heavy atom. The smallest absolute Gasteiger partial charge is 0.416 e. The summed E-state index contributed by atoms with van der Waals surface area (Å²) in [6.07, 6.45) is -3.09. The van der Waals surface area contributed by atoms with Crippen molar-refractivity contribution in [2.75, 3.05) is 6.61 Å². The maximum absolute atomic E-state index is 12.3. The van der Waals surface area contributed by atoms with Gasteiger partial charge in [-0.15, -0.1) is 0 Å². The Morgan fingerprint density at radius 1 is 1.28 bits per heavy atom. The van der Waals surface area contributed by atoms with Gasteiger partial charge in [-0.1, -0.05) is 12.1 Å². The van der Waals surface area contributed by atoms with Gasteiger partial charge in [0, 0.05) is 6.08 Å². The number of hydrogen-bond donors (Lipinski definition) is 0. The van der Waals surface area contributed by atoms with Crippen molar-refractivity contribution < 1.29 is 22.7 Å². The molecule has 0 aliphatic rings. The number of carbonyl (C=O) groups is 1. The number of carbonyl (C=O) groups excluding carboxylic acids is 1. The molecule has 5 heteroatoms. The lowest BCUT2D eigenvalue weighted by Crippen LogP contribution is -2.04. The third-order valence-electron chi connectivity index (χ3n) is 2.29. The molecule has 2 nitrogen and oxygen atoms in total. The van der Waals surface area contributed by atoms with Crippen LogP contribution in [0.25, 0.3) is 5.57 Å². The second-order valence-corrected chi connectivity index (χ2v) is 3.65. The Morgan fingerprint density at radius 2 is 1.83 bits per heavy atom. The Hall–Kier alpha value is -1.78. The number of ether oxygens (including phenoxy) is 1. The molecule has 1 aromatic rings. The minimum absolute atomic E-state index is 0.260.